The van der Waals surface area contributed by atoms with Crippen LogP contribution in [0, 0.1) is 0 Å². The van der Waals surface area contributed by atoms with Crippen LogP contribution in [0.4, 0.5) is 0 Å². The lowest BCUT2D eigenvalue weighted by Crippen LogP contribution is -2.30. The minimum absolute atomic E-state index is 0.286. The molecule has 0 saturated carbocycles. The SMILES string of the molecule is C[C@@H](Cn1cccn1)NCc1cn2cc(Cl)cc(Cl)c2n1. The van der Waals surface area contributed by atoms with Crippen LogP contribution in [0.15, 0.2) is 36.9 Å². The number of pyridine rings is 1. The number of rotatable bonds is 5. The Bertz CT molecular complexity index is 735. The van der Waals surface area contributed by atoms with Crippen molar-refractivity contribution in [3.8, 4) is 0 Å². The zero-order chi connectivity index (χ0) is 14.8. The highest BCUT2D eigenvalue weighted by molar-refractivity contribution is 6.36. The van der Waals surface area contributed by atoms with Crippen molar-refractivity contribution in [2.24, 2.45) is 0 Å². The lowest BCUT2D eigenvalue weighted by Gasteiger charge is -2.12. The molecule has 3 heterocycles. The zero-order valence-corrected chi connectivity index (χ0v) is 13.0. The third-order valence-electron chi connectivity index (χ3n) is 3.17. The van der Waals surface area contributed by atoms with E-state index in [1.807, 2.05) is 27.5 Å². The molecular weight excluding hydrogens is 309 g/mol. The molecule has 0 bridgehead atoms. The first kappa shape index (κ1) is 14.4. The number of hydrogen-bond donors (Lipinski definition) is 1. The topological polar surface area (TPSA) is 47.2 Å². The average Bonchev–Trinajstić information content (AvgIpc) is 3.05. The van der Waals surface area contributed by atoms with E-state index in [9.17, 15) is 0 Å². The summed E-state index contributed by atoms with van der Waals surface area (Å²) in [6, 6.07) is 3.90. The fraction of sp³-hybridized carbons (Fsp3) is 0.286. The summed E-state index contributed by atoms with van der Waals surface area (Å²) in [4.78, 5) is 4.51. The molecule has 0 saturated heterocycles. The van der Waals surface area contributed by atoms with Crippen molar-refractivity contribution in [2.75, 3.05) is 0 Å². The van der Waals surface area contributed by atoms with Gasteiger partial charge in [0, 0.05) is 37.4 Å². The van der Waals surface area contributed by atoms with Gasteiger partial charge in [-0.3, -0.25) is 4.68 Å². The monoisotopic (exact) mass is 323 g/mol. The molecule has 0 radical (unpaired) electrons. The Balaban J connectivity index is 1.66. The average molecular weight is 324 g/mol. The third kappa shape index (κ3) is 3.37. The molecule has 110 valence electrons. The van der Waals surface area contributed by atoms with E-state index >= 15 is 0 Å². The first-order valence-electron chi connectivity index (χ1n) is 6.65. The molecule has 0 fully saturated rings. The van der Waals surface area contributed by atoms with E-state index in [4.69, 9.17) is 23.2 Å². The number of nitrogens with one attached hydrogen (secondary N) is 1. The van der Waals surface area contributed by atoms with Gasteiger partial charge >= 0.3 is 0 Å². The Morgan fingerprint density at radius 1 is 1.33 bits per heavy atom. The number of halogens is 2. The molecular formula is C14H15Cl2N5. The number of hydrogen-bond acceptors (Lipinski definition) is 3. The highest BCUT2D eigenvalue weighted by Gasteiger charge is 2.08. The van der Waals surface area contributed by atoms with Crippen molar-refractivity contribution in [3.63, 3.8) is 0 Å². The van der Waals surface area contributed by atoms with Crippen LogP contribution in [-0.4, -0.2) is 25.2 Å². The van der Waals surface area contributed by atoms with Gasteiger partial charge in [-0.1, -0.05) is 23.2 Å². The molecule has 7 heteroatoms. The number of imidazole rings is 1. The van der Waals surface area contributed by atoms with Crippen LogP contribution in [0.1, 0.15) is 12.6 Å². The van der Waals surface area contributed by atoms with Gasteiger partial charge in [0.2, 0.25) is 0 Å². The molecule has 0 unspecified atom stereocenters. The van der Waals surface area contributed by atoms with Crippen molar-refractivity contribution in [2.45, 2.75) is 26.1 Å². The van der Waals surface area contributed by atoms with Crippen LogP contribution in [0.2, 0.25) is 10.0 Å². The van der Waals surface area contributed by atoms with Crippen molar-refractivity contribution in [1.82, 2.24) is 24.5 Å². The van der Waals surface area contributed by atoms with E-state index in [0.717, 1.165) is 17.9 Å². The number of nitrogens with zero attached hydrogens (tertiary/aromatic N) is 4. The molecule has 3 aromatic rings. The molecule has 3 aromatic heterocycles. The summed E-state index contributed by atoms with van der Waals surface area (Å²) in [7, 11) is 0. The molecule has 0 spiro atoms. The van der Waals surface area contributed by atoms with Crippen LogP contribution in [-0.2, 0) is 13.1 Å². The quantitative estimate of drug-likeness (QED) is 0.785. The summed E-state index contributed by atoms with van der Waals surface area (Å²) in [5, 5.41) is 8.76. The zero-order valence-electron chi connectivity index (χ0n) is 11.5. The Hall–Kier alpha value is -1.56. The fourth-order valence-electron chi connectivity index (χ4n) is 2.19. The maximum absolute atomic E-state index is 6.13. The number of aromatic nitrogens is 4. The van der Waals surface area contributed by atoms with Crippen LogP contribution in [0.5, 0.6) is 0 Å². The summed E-state index contributed by atoms with van der Waals surface area (Å²) < 4.78 is 3.75. The van der Waals surface area contributed by atoms with Crippen LogP contribution >= 0.6 is 23.2 Å². The van der Waals surface area contributed by atoms with Crippen molar-refractivity contribution in [1.29, 1.82) is 0 Å². The van der Waals surface area contributed by atoms with E-state index in [1.54, 1.807) is 18.5 Å². The van der Waals surface area contributed by atoms with Crippen LogP contribution in [0.25, 0.3) is 5.65 Å². The lowest BCUT2D eigenvalue weighted by molar-refractivity contribution is 0.449. The Labute approximate surface area is 132 Å². The maximum atomic E-state index is 6.13. The molecule has 3 rings (SSSR count). The molecule has 0 aliphatic rings. The maximum Gasteiger partial charge on any atom is 0.156 e. The largest absolute Gasteiger partial charge is 0.307 e. The molecule has 0 aliphatic carbocycles. The molecule has 5 nitrogen and oxygen atoms in total. The molecule has 0 aromatic carbocycles. The molecule has 1 N–H and O–H groups in total. The summed E-state index contributed by atoms with van der Waals surface area (Å²) in [5.74, 6) is 0. The predicted octanol–water partition coefficient (Wildman–Crippen LogP) is 3.02. The Morgan fingerprint density at radius 3 is 2.95 bits per heavy atom. The highest BCUT2D eigenvalue weighted by Crippen LogP contribution is 2.21. The van der Waals surface area contributed by atoms with E-state index in [1.165, 1.54) is 0 Å². The number of fused-ring (bicyclic) bond motifs is 1. The van der Waals surface area contributed by atoms with Gasteiger partial charge in [-0.2, -0.15) is 5.10 Å². The van der Waals surface area contributed by atoms with Crippen molar-refractivity contribution >= 4 is 28.8 Å². The van der Waals surface area contributed by atoms with E-state index in [0.29, 0.717) is 16.6 Å². The highest BCUT2D eigenvalue weighted by atomic mass is 35.5. The van der Waals surface area contributed by atoms with Gasteiger partial charge in [0.25, 0.3) is 0 Å². The third-order valence-corrected chi connectivity index (χ3v) is 3.66. The lowest BCUT2D eigenvalue weighted by atomic mass is 10.3. The second-order valence-corrected chi connectivity index (χ2v) is 5.82. The predicted molar refractivity (Wildman–Crippen MR) is 83.7 cm³/mol. The van der Waals surface area contributed by atoms with Gasteiger partial charge < -0.3 is 9.72 Å². The second kappa shape index (κ2) is 6.05. The van der Waals surface area contributed by atoms with Crippen molar-refractivity contribution < 1.29 is 0 Å². The van der Waals surface area contributed by atoms with E-state index in [-0.39, 0.29) is 6.04 Å². The summed E-state index contributed by atoms with van der Waals surface area (Å²) in [5.41, 5.74) is 1.64. The van der Waals surface area contributed by atoms with Crippen LogP contribution in [0.3, 0.4) is 0 Å². The standard InChI is InChI=1S/C14H15Cl2N5/c1-10(7-21-4-2-3-18-21)17-6-12-9-20-8-11(15)5-13(16)14(20)19-12/h2-5,8-10,17H,6-7H2,1H3/t10-/m0/s1. The summed E-state index contributed by atoms with van der Waals surface area (Å²) in [6.07, 6.45) is 7.46. The van der Waals surface area contributed by atoms with Gasteiger partial charge in [0.15, 0.2) is 5.65 Å². The minimum Gasteiger partial charge on any atom is -0.307 e. The first-order valence-corrected chi connectivity index (χ1v) is 7.41. The van der Waals surface area contributed by atoms with Gasteiger partial charge in [0.1, 0.15) is 0 Å². The van der Waals surface area contributed by atoms with Gasteiger partial charge in [-0.25, -0.2) is 4.98 Å². The van der Waals surface area contributed by atoms with E-state index in [2.05, 4.69) is 22.3 Å². The second-order valence-electron chi connectivity index (χ2n) is 4.98. The minimum atomic E-state index is 0.286. The summed E-state index contributed by atoms with van der Waals surface area (Å²) >= 11 is 12.1. The smallest absolute Gasteiger partial charge is 0.156 e. The van der Waals surface area contributed by atoms with Crippen molar-refractivity contribution in [3.05, 3.63) is 52.7 Å². The normalized spacial score (nSPS) is 12.9. The Morgan fingerprint density at radius 2 is 2.19 bits per heavy atom. The van der Waals surface area contributed by atoms with E-state index < -0.39 is 0 Å². The fourth-order valence-corrected chi connectivity index (χ4v) is 2.72. The molecule has 0 amide bonds. The molecule has 0 aliphatic heterocycles. The van der Waals surface area contributed by atoms with Gasteiger partial charge in [-0.15, -0.1) is 0 Å². The van der Waals surface area contributed by atoms with Gasteiger partial charge in [0.05, 0.1) is 22.3 Å². The van der Waals surface area contributed by atoms with Crippen LogP contribution < -0.4 is 5.32 Å². The first-order chi connectivity index (χ1) is 10.1. The summed E-state index contributed by atoms with van der Waals surface area (Å²) in [6.45, 7) is 3.59. The molecule has 21 heavy (non-hydrogen) atoms. The molecule has 1 atom stereocenters. The Kier molecular flexibility index (Phi) is 4.14. The van der Waals surface area contributed by atoms with Gasteiger partial charge in [-0.05, 0) is 19.1 Å².